The van der Waals surface area contributed by atoms with Gasteiger partial charge in [-0.2, -0.15) is 0 Å². The molecule has 5 nitrogen and oxygen atoms in total. The van der Waals surface area contributed by atoms with E-state index in [2.05, 4.69) is 19.2 Å². The molecule has 5 heteroatoms. The summed E-state index contributed by atoms with van der Waals surface area (Å²) in [5.74, 6) is 0.197. The molecule has 0 aliphatic carbocycles. The Labute approximate surface area is 138 Å². The number of hydrogen-bond donors (Lipinski definition) is 1. The molecule has 23 heavy (non-hydrogen) atoms. The lowest BCUT2D eigenvalue weighted by atomic mass is 9.90. The van der Waals surface area contributed by atoms with Gasteiger partial charge in [0, 0.05) is 0 Å². The molecular weight excluding hydrogens is 292 g/mol. The van der Waals surface area contributed by atoms with Crippen molar-refractivity contribution < 1.29 is 14.3 Å². The van der Waals surface area contributed by atoms with Gasteiger partial charge >= 0.3 is 6.03 Å². The number of imide groups is 1. The van der Waals surface area contributed by atoms with Crippen LogP contribution in [0, 0.1) is 0 Å². The number of amides is 3. The second-order valence-corrected chi connectivity index (χ2v) is 6.71. The number of ether oxygens (including phenoxy) is 1. The number of nitrogens with one attached hydrogen (secondary N) is 1. The molecule has 1 aromatic carbocycles. The number of carbonyl (C=O) groups is 2. The van der Waals surface area contributed by atoms with Crippen LogP contribution in [0.1, 0.15) is 51.7 Å². The van der Waals surface area contributed by atoms with E-state index in [1.54, 1.807) is 6.92 Å². The maximum absolute atomic E-state index is 12.7. The highest BCUT2D eigenvalue weighted by Crippen LogP contribution is 2.29. The lowest BCUT2D eigenvalue weighted by Crippen LogP contribution is -2.41. The van der Waals surface area contributed by atoms with Crippen LogP contribution in [0.5, 0.6) is 0 Å². The molecule has 1 aliphatic heterocycles. The average Bonchev–Trinajstić information content (AvgIpc) is 2.71. The summed E-state index contributed by atoms with van der Waals surface area (Å²) < 4.78 is 5.44. The smallest absolute Gasteiger partial charge is 0.325 e. The van der Waals surface area contributed by atoms with E-state index < -0.39 is 5.54 Å². The fourth-order valence-electron chi connectivity index (χ4n) is 2.68. The zero-order valence-corrected chi connectivity index (χ0v) is 14.6. The molecule has 1 atom stereocenters. The van der Waals surface area contributed by atoms with Gasteiger partial charge in [0.25, 0.3) is 5.91 Å². The van der Waals surface area contributed by atoms with Crippen LogP contribution in [0.2, 0.25) is 0 Å². The molecule has 0 radical (unpaired) electrons. The maximum atomic E-state index is 12.7. The quantitative estimate of drug-likeness (QED) is 0.820. The van der Waals surface area contributed by atoms with Crippen LogP contribution in [0.4, 0.5) is 4.79 Å². The number of hydrogen-bond acceptors (Lipinski definition) is 3. The van der Waals surface area contributed by atoms with Crippen molar-refractivity contribution in [2.24, 2.45) is 0 Å². The molecule has 0 bridgehead atoms. The molecule has 1 fully saturated rings. The van der Waals surface area contributed by atoms with Gasteiger partial charge in [-0.1, -0.05) is 38.1 Å². The van der Waals surface area contributed by atoms with Crippen LogP contribution in [0.15, 0.2) is 24.3 Å². The molecule has 1 aliphatic rings. The minimum atomic E-state index is -1.01. The van der Waals surface area contributed by atoms with Gasteiger partial charge in [0.1, 0.15) is 5.54 Å². The van der Waals surface area contributed by atoms with Crippen molar-refractivity contribution in [1.82, 2.24) is 10.2 Å². The monoisotopic (exact) mass is 318 g/mol. The summed E-state index contributed by atoms with van der Waals surface area (Å²) in [6.07, 6.45) is 0.0747. The summed E-state index contributed by atoms with van der Waals surface area (Å²) >= 11 is 0. The highest BCUT2D eigenvalue weighted by molar-refractivity contribution is 6.07. The van der Waals surface area contributed by atoms with Gasteiger partial charge < -0.3 is 10.1 Å². The van der Waals surface area contributed by atoms with Crippen LogP contribution in [0.25, 0.3) is 0 Å². The first-order chi connectivity index (χ1) is 10.8. The summed E-state index contributed by atoms with van der Waals surface area (Å²) in [4.78, 5) is 26.1. The Bertz CT molecular complexity index is 580. The second kappa shape index (κ2) is 6.71. The Morgan fingerprint density at radius 3 is 2.26 bits per heavy atom. The molecule has 2 rings (SSSR count). The largest absolute Gasteiger partial charge is 0.377 e. The summed E-state index contributed by atoms with van der Waals surface area (Å²) in [6, 6.07) is 7.49. The third kappa shape index (κ3) is 3.55. The molecule has 1 N–H and O–H groups in total. The van der Waals surface area contributed by atoms with E-state index in [0.29, 0.717) is 12.5 Å². The van der Waals surface area contributed by atoms with Crippen molar-refractivity contribution >= 4 is 11.9 Å². The molecule has 126 valence electrons. The zero-order valence-electron chi connectivity index (χ0n) is 14.6. The lowest BCUT2D eigenvalue weighted by Gasteiger charge is -2.23. The first-order valence-corrected chi connectivity index (χ1v) is 8.12. The van der Waals surface area contributed by atoms with Crippen molar-refractivity contribution in [2.45, 2.75) is 52.2 Å². The van der Waals surface area contributed by atoms with E-state index >= 15 is 0 Å². The molecule has 1 aromatic rings. The molecule has 1 saturated heterocycles. The van der Waals surface area contributed by atoms with Gasteiger partial charge in [0.15, 0.2) is 0 Å². The summed E-state index contributed by atoms with van der Waals surface area (Å²) in [5, 5.41) is 2.82. The normalized spacial score (nSPS) is 21.4. The van der Waals surface area contributed by atoms with Crippen molar-refractivity contribution in [3.63, 3.8) is 0 Å². The highest BCUT2D eigenvalue weighted by Gasteiger charge is 2.48. The molecule has 1 unspecified atom stereocenters. The van der Waals surface area contributed by atoms with Crippen molar-refractivity contribution in [2.75, 3.05) is 13.2 Å². The first kappa shape index (κ1) is 17.5. The van der Waals surface area contributed by atoms with Crippen molar-refractivity contribution in [1.29, 1.82) is 0 Å². The zero-order chi connectivity index (χ0) is 17.2. The van der Waals surface area contributed by atoms with Crippen molar-refractivity contribution in [3.8, 4) is 0 Å². The van der Waals surface area contributed by atoms with Crippen LogP contribution >= 0.6 is 0 Å². The molecule has 1 heterocycles. The number of nitrogens with zero attached hydrogens (tertiary/aromatic N) is 1. The first-order valence-electron chi connectivity index (χ1n) is 8.12. The van der Waals surface area contributed by atoms with Gasteiger partial charge in [0.2, 0.25) is 0 Å². The molecule has 3 amide bonds. The number of benzene rings is 1. The minimum Gasteiger partial charge on any atom is -0.377 e. The molecule has 0 aromatic heterocycles. The summed E-state index contributed by atoms with van der Waals surface area (Å²) in [5.41, 5.74) is 0.994. The van der Waals surface area contributed by atoms with Crippen LogP contribution in [-0.4, -0.2) is 36.1 Å². The van der Waals surface area contributed by atoms with E-state index in [1.165, 1.54) is 10.5 Å². The van der Waals surface area contributed by atoms with Crippen LogP contribution in [0.3, 0.4) is 0 Å². The average molecular weight is 318 g/mol. The van der Waals surface area contributed by atoms with E-state index in [4.69, 9.17) is 4.74 Å². The predicted molar refractivity (Wildman–Crippen MR) is 89.2 cm³/mol. The Balaban J connectivity index is 2.15. The fourth-order valence-corrected chi connectivity index (χ4v) is 2.68. The third-order valence-electron chi connectivity index (χ3n) is 4.20. The van der Waals surface area contributed by atoms with Crippen LogP contribution < -0.4 is 5.32 Å². The summed E-state index contributed by atoms with van der Waals surface area (Å²) in [7, 11) is 0. The Morgan fingerprint density at radius 1 is 1.13 bits per heavy atom. The van der Waals surface area contributed by atoms with Gasteiger partial charge in [-0.05, 0) is 37.8 Å². The molecule has 0 spiro atoms. The second-order valence-electron chi connectivity index (χ2n) is 6.71. The standard InChI is InChI=1S/C18H26N2O3/c1-12(2)14-6-8-15(9-7-14)18(5)16(21)20(17(22)19-18)10-11-23-13(3)4/h6-9,12-13H,10-11H2,1-5H3,(H,19,22). The number of rotatable bonds is 6. The van der Waals surface area contributed by atoms with E-state index in [-0.39, 0.29) is 24.6 Å². The molecular formula is C18H26N2O3. The number of carbonyl (C=O) groups excluding carboxylic acids is 2. The highest BCUT2D eigenvalue weighted by atomic mass is 16.5. The van der Waals surface area contributed by atoms with Crippen LogP contribution in [-0.2, 0) is 15.1 Å². The lowest BCUT2D eigenvalue weighted by molar-refractivity contribution is -0.131. The third-order valence-corrected chi connectivity index (χ3v) is 4.20. The number of urea groups is 1. The summed E-state index contributed by atoms with van der Waals surface area (Å²) in [6.45, 7) is 10.5. The Kier molecular flexibility index (Phi) is 5.09. The SMILES string of the molecule is CC(C)OCCN1C(=O)NC(C)(c2ccc(C(C)C)cc2)C1=O. The van der Waals surface area contributed by atoms with E-state index in [9.17, 15) is 9.59 Å². The van der Waals surface area contributed by atoms with Gasteiger partial charge in [0.05, 0.1) is 19.3 Å². The molecule has 0 saturated carbocycles. The maximum Gasteiger partial charge on any atom is 0.325 e. The predicted octanol–water partition coefficient (Wildman–Crippen LogP) is 3.00. The van der Waals surface area contributed by atoms with Gasteiger partial charge in [-0.3, -0.25) is 9.69 Å². The fraction of sp³-hybridized carbons (Fsp3) is 0.556. The van der Waals surface area contributed by atoms with Gasteiger partial charge in [-0.25, -0.2) is 4.79 Å². The van der Waals surface area contributed by atoms with Gasteiger partial charge in [-0.15, -0.1) is 0 Å². The van der Waals surface area contributed by atoms with Crippen molar-refractivity contribution in [3.05, 3.63) is 35.4 Å². The Hall–Kier alpha value is -1.88. The topological polar surface area (TPSA) is 58.6 Å². The minimum absolute atomic E-state index is 0.0747. The Morgan fingerprint density at radius 2 is 1.74 bits per heavy atom. The van der Waals surface area contributed by atoms with E-state index in [0.717, 1.165) is 5.56 Å². The van der Waals surface area contributed by atoms with E-state index in [1.807, 2.05) is 38.1 Å².